The molecule has 1 N–H and O–H groups in total. The van der Waals surface area contributed by atoms with Crippen LogP contribution in [0.1, 0.15) is 18.5 Å². The van der Waals surface area contributed by atoms with Crippen molar-refractivity contribution < 1.29 is 22.3 Å². The van der Waals surface area contributed by atoms with Crippen LogP contribution >= 0.6 is 0 Å². The van der Waals surface area contributed by atoms with Crippen molar-refractivity contribution in [2.24, 2.45) is 0 Å². The van der Waals surface area contributed by atoms with Crippen molar-refractivity contribution in [3.63, 3.8) is 0 Å². The van der Waals surface area contributed by atoms with Crippen molar-refractivity contribution in [3.05, 3.63) is 53.8 Å². The van der Waals surface area contributed by atoms with E-state index in [2.05, 4.69) is 4.72 Å². The highest BCUT2D eigenvalue weighted by molar-refractivity contribution is 7.89. The van der Waals surface area contributed by atoms with Gasteiger partial charge >= 0.3 is 0 Å². The summed E-state index contributed by atoms with van der Waals surface area (Å²) in [5.41, 5.74) is 0.675. The topological polar surface area (TPSA) is 64.6 Å². The molecule has 2 aromatic carbocycles. The van der Waals surface area contributed by atoms with E-state index in [1.54, 1.807) is 31.2 Å². The average Bonchev–Trinajstić information content (AvgIpc) is 2.54. The van der Waals surface area contributed by atoms with Gasteiger partial charge in [0, 0.05) is 11.6 Å². The van der Waals surface area contributed by atoms with Crippen LogP contribution in [0.25, 0.3) is 0 Å². The van der Waals surface area contributed by atoms with Crippen molar-refractivity contribution in [3.8, 4) is 11.5 Å². The van der Waals surface area contributed by atoms with Gasteiger partial charge in [-0.15, -0.1) is 0 Å². The monoisotopic (exact) mass is 339 g/mol. The Hall–Kier alpha value is -2.12. The Bertz CT molecular complexity index is 792. The minimum Gasteiger partial charge on any atom is -0.496 e. The zero-order valence-corrected chi connectivity index (χ0v) is 13.9. The number of rotatable bonds is 6. The molecule has 23 heavy (non-hydrogen) atoms. The molecule has 0 aromatic heterocycles. The lowest BCUT2D eigenvalue weighted by Gasteiger charge is -2.18. The lowest BCUT2D eigenvalue weighted by molar-refractivity contribution is 0.399. The Morgan fingerprint density at radius 3 is 2.35 bits per heavy atom. The molecule has 0 saturated carbocycles. The summed E-state index contributed by atoms with van der Waals surface area (Å²) in [5, 5.41) is 0. The van der Waals surface area contributed by atoms with E-state index in [1.807, 2.05) is 0 Å². The van der Waals surface area contributed by atoms with E-state index in [0.29, 0.717) is 11.3 Å². The smallest absolute Gasteiger partial charge is 0.244 e. The Labute approximate surface area is 135 Å². The van der Waals surface area contributed by atoms with Crippen molar-refractivity contribution >= 4 is 10.0 Å². The number of hydrogen-bond donors (Lipinski definition) is 1. The Balaban J connectivity index is 2.36. The average molecular weight is 339 g/mol. The predicted molar refractivity (Wildman–Crippen MR) is 84.7 cm³/mol. The second kappa shape index (κ2) is 6.97. The molecule has 7 heteroatoms. The summed E-state index contributed by atoms with van der Waals surface area (Å²) >= 11 is 0. The number of nitrogens with one attached hydrogen (secondary N) is 1. The normalized spacial score (nSPS) is 12.7. The summed E-state index contributed by atoms with van der Waals surface area (Å²) in [5.74, 6) is -0.0175. The molecule has 0 heterocycles. The summed E-state index contributed by atoms with van der Waals surface area (Å²) in [6.07, 6.45) is 0. The van der Waals surface area contributed by atoms with E-state index < -0.39 is 21.9 Å². The summed E-state index contributed by atoms with van der Waals surface area (Å²) in [4.78, 5) is -0.248. The van der Waals surface area contributed by atoms with Gasteiger partial charge in [-0.2, -0.15) is 0 Å². The maximum absolute atomic E-state index is 13.4. The molecule has 0 aliphatic rings. The van der Waals surface area contributed by atoms with E-state index in [-0.39, 0.29) is 10.6 Å². The summed E-state index contributed by atoms with van der Waals surface area (Å²) < 4.78 is 51.3. The van der Waals surface area contributed by atoms with Crippen LogP contribution in [0.4, 0.5) is 4.39 Å². The van der Waals surface area contributed by atoms with Gasteiger partial charge in [0.1, 0.15) is 22.2 Å². The number of ether oxygens (including phenoxy) is 2. The van der Waals surface area contributed by atoms with E-state index in [9.17, 15) is 12.8 Å². The predicted octanol–water partition coefficient (Wildman–Crippen LogP) is 2.88. The highest BCUT2D eigenvalue weighted by Gasteiger charge is 2.24. The highest BCUT2D eigenvalue weighted by Crippen LogP contribution is 2.29. The molecule has 0 aliphatic heterocycles. The van der Waals surface area contributed by atoms with Gasteiger partial charge in [0.2, 0.25) is 10.0 Å². The fourth-order valence-corrected chi connectivity index (χ4v) is 3.65. The van der Waals surface area contributed by atoms with Crippen molar-refractivity contribution in [1.82, 2.24) is 4.72 Å². The molecule has 0 aliphatic carbocycles. The lowest BCUT2D eigenvalue weighted by Crippen LogP contribution is -2.27. The van der Waals surface area contributed by atoms with E-state index in [1.165, 1.54) is 20.3 Å². The van der Waals surface area contributed by atoms with Crippen LogP contribution in [-0.4, -0.2) is 22.6 Å². The molecule has 0 fully saturated rings. The van der Waals surface area contributed by atoms with Gasteiger partial charge in [-0.1, -0.05) is 18.2 Å². The largest absolute Gasteiger partial charge is 0.496 e. The molecule has 0 spiro atoms. The molecule has 0 unspecified atom stereocenters. The van der Waals surface area contributed by atoms with Gasteiger partial charge in [-0.25, -0.2) is 17.5 Å². The number of halogens is 1. The fourth-order valence-electron chi connectivity index (χ4n) is 2.24. The summed E-state index contributed by atoms with van der Waals surface area (Å²) in [7, 11) is -1.13. The molecule has 2 rings (SSSR count). The van der Waals surface area contributed by atoms with Gasteiger partial charge in [0.05, 0.1) is 14.2 Å². The molecule has 0 saturated heterocycles. The molecule has 5 nitrogen and oxygen atoms in total. The van der Waals surface area contributed by atoms with Crippen LogP contribution in [0.2, 0.25) is 0 Å². The van der Waals surface area contributed by atoms with Crippen LogP contribution in [0.15, 0.2) is 47.4 Å². The third-order valence-corrected chi connectivity index (χ3v) is 4.91. The number of methoxy groups -OCH3 is 2. The quantitative estimate of drug-likeness (QED) is 0.879. The number of hydrogen-bond acceptors (Lipinski definition) is 4. The third kappa shape index (κ3) is 3.80. The van der Waals surface area contributed by atoms with Crippen LogP contribution in [0.3, 0.4) is 0 Å². The molecule has 124 valence electrons. The fraction of sp³-hybridized carbons (Fsp3) is 0.250. The lowest BCUT2D eigenvalue weighted by atomic mass is 10.1. The third-order valence-electron chi connectivity index (χ3n) is 3.35. The first-order valence-electron chi connectivity index (χ1n) is 6.88. The minimum atomic E-state index is -3.97. The number of sulfonamides is 1. The van der Waals surface area contributed by atoms with Gasteiger partial charge in [0.15, 0.2) is 0 Å². The first-order valence-corrected chi connectivity index (χ1v) is 8.36. The second-order valence-corrected chi connectivity index (χ2v) is 6.56. The number of para-hydroxylation sites is 1. The summed E-state index contributed by atoms with van der Waals surface area (Å²) in [6, 6.07) is 9.85. The molecule has 1 atom stereocenters. The Morgan fingerprint density at radius 2 is 1.70 bits per heavy atom. The molecule has 0 radical (unpaired) electrons. The van der Waals surface area contributed by atoms with Crippen LogP contribution in [0, 0.1) is 5.82 Å². The van der Waals surface area contributed by atoms with E-state index >= 15 is 0 Å². The van der Waals surface area contributed by atoms with Gasteiger partial charge in [-0.05, 0) is 31.2 Å². The van der Waals surface area contributed by atoms with Crippen molar-refractivity contribution in [2.45, 2.75) is 17.9 Å². The second-order valence-electron chi connectivity index (χ2n) is 4.88. The van der Waals surface area contributed by atoms with Gasteiger partial charge in [-0.3, -0.25) is 0 Å². The maximum atomic E-state index is 13.4. The first-order chi connectivity index (χ1) is 10.9. The van der Waals surface area contributed by atoms with E-state index in [4.69, 9.17) is 9.47 Å². The molecule has 2 aromatic rings. The van der Waals surface area contributed by atoms with Gasteiger partial charge < -0.3 is 9.47 Å². The molecule has 0 bridgehead atoms. The minimum absolute atomic E-state index is 0.0751. The van der Waals surface area contributed by atoms with Crippen LogP contribution < -0.4 is 14.2 Å². The van der Waals surface area contributed by atoms with Crippen LogP contribution in [-0.2, 0) is 10.0 Å². The number of benzene rings is 2. The zero-order chi connectivity index (χ0) is 17.0. The Kier molecular flexibility index (Phi) is 5.23. The zero-order valence-electron chi connectivity index (χ0n) is 13.0. The maximum Gasteiger partial charge on any atom is 0.244 e. The SMILES string of the molecule is COc1ccccc1[C@@H](C)NS(=O)(=O)c1cc(F)ccc1OC. The first kappa shape index (κ1) is 17.2. The van der Waals surface area contributed by atoms with Crippen molar-refractivity contribution in [1.29, 1.82) is 0 Å². The van der Waals surface area contributed by atoms with Crippen LogP contribution in [0.5, 0.6) is 11.5 Å². The summed E-state index contributed by atoms with van der Waals surface area (Å²) in [6.45, 7) is 1.68. The van der Waals surface area contributed by atoms with Gasteiger partial charge in [0.25, 0.3) is 0 Å². The Morgan fingerprint density at radius 1 is 1.04 bits per heavy atom. The highest BCUT2D eigenvalue weighted by atomic mass is 32.2. The molecular weight excluding hydrogens is 321 g/mol. The van der Waals surface area contributed by atoms with E-state index in [0.717, 1.165) is 12.1 Å². The van der Waals surface area contributed by atoms with Crippen molar-refractivity contribution in [2.75, 3.05) is 14.2 Å². The molecule has 0 amide bonds. The standard InChI is InChI=1S/C16H18FNO4S/c1-11(13-6-4-5-7-14(13)21-2)18-23(19,20)16-10-12(17)8-9-15(16)22-3/h4-11,18H,1-3H3/t11-/m1/s1. The molecular formula is C16H18FNO4S.